The van der Waals surface area contributed by atoms with Crippen molar-refractivity contribution in [2.75, 3.05) is 13.2 Å². The van der Waals surface area contributed by atoms with Crippen LogP contribution in [0, 0.1) is 0 Å². The predicted octanol–water partition coefficient (Wildman–Crippen LogP) is 15.8. The molecule has 0 saturated heterocycles. The molecule has 1 atom stereocenters. The zero-order valence-electron chi connectivity index (χ0n) is 37.9. The van der Waals surface area contributed by atoms with E-state index in [0.717, 1.165) is 83.5 Å². The molecule has 0 amide bonds. The fourth-order valence-corrected chi connectivity index (χ4v) is 6.86. The number of ether oxygens (including phenoxy) is 3. The molecule has 0 aliphatic rings. The number of rotatable bonds is 44. The van der Waals surface area contributed by atoms with Gasteiger partial charge in [0, 0.05) is 19.3 Å². The molecule has 0 spiro atoms. The Labute approximate surface area is 353 Å². The summed E-state index contributed by atoms with van der Waals surface area (Å²) in [4.78, 5) is 37.8. The van der Waals surface area contributed by atoms with E-state index >= 15 is 0 Å². The second-order valence-corrected chi connectivity index (χ2v) is 16.4. The first-order valence-electron chi connectivity index (χ1n) is 24.5. The molecule has 0 aliphatic heterocycles. The third-order valence-electron chi connectivity index (χ3n) is 10.6. The molecular formula is C51H92O6. The minimum absolute atomic E-state index is 0.0787. The Morgan fingerprint density at radius 1 is 0.351 bits per heavy atom. The zero-order valence-corrected chi connectivity index (χ0v) is 37.9. The Balaban J connectivity index is 4.39. The zero-order chi connectivity index (χ0) is 41.5. The number of carbonyl (C=O) groups excluding carboxylic acids is 3. The van der Waals surface area contributed by atoms with Gasteiger partial charge in [0.25, 0.3) is 0 Å². The van der Waals surface area contributed by atoms with Gasteiger partial charge < -0.3 is 14.2 Å². The highest BCUT2D eigenvalue weighted by atomic mass is 16.6. The predicted molar refractivity (Wildman–Crippen MR) is 242 cm³/mol. The molecule has 0 bridgehead atoms. The minimum Gasteiger partial charge on any atom is -0.462 e. The van der Waals surface area contributed by atoms with Crippen molar-refractivity contribution in [2.24, 2.45) is 0 Å². The van der Waals surface area contributed by atoms with Crippen LogP contribution in [0.15, 0.2) is 36.5 Å². The van der Waals surface area contributed by atoms with Crippen LogP contribution in [0.3, 0.4) is 0 Å². The van der Waals surface area contributed by atoms with E-state index < -0.39 is 6.10 Å². The Hall–Kier alpha value is -2.37. The monoisotopic (exact) mass is 801 g/mol. The summed E-state index contributed by atoms with van der Waals surface area (Å²) in [7, 11) is 0. The van der Waals surface area contributed by atoms with Gasteiger partial charge in [-0.1, -0.05) is 198 Å². The summed E-state index contributed by atoms with van der Waals surface area (Å²) in [6.07, 6.45) is 52.6. The van der Waals surface area contributed by atoms with E-state index in [1.165, 1.54) is 128 Å². The van der Waals surface area contributed by atoms with Crippen molar-refractivity contribution >= 4 is 17.9 Å². The van der Waals surface area contributed by atoms with Crippen LogP contribution in [-0.2, 0) is 28.6 Å². The van der Waals surface area contributed by atoms with Crippen LogP contribution in [0.5, 0.6) is 0 Å². The molecule has 0 N–H and O–H groups in total. The molecule has 0 heterocycles. The van der Waals surface area contributed by atoms with Gasteiger partial charge in [-0.2, -0.15) is 0 Å². The maximum absolute atomic E-state index is 12.7. The molecule has 57 heavy (non-hydrogen) atoms. The van der Waals surface area contributed by atoms with Crippen molar-refractivity contribution in [1.29, 1.82) is 0 Å². The summed E-state index contributed by atoms with van der Waals surface area (Å²) >= 11 is 0. The third-order valence-corrected chi connectivity index (χ3v) is 10.6. The number of esters is 3. The van der Waals surface area contributed by atoms with Crippen LogP contribution in [0.4, 0.5) is 0 Å². The van der Waals surface area contributed by atoms with Crippen LogP contribution in [-0.4, -0.2) is 37.2 Å². The minimum atomic E-state index is -0.776. The average molecular weight is 801 g/mol. The fourth-order valence-electron chi connectivity index (χ4n) is 6.86. The summed E-state index contributed by atoms with van der Waals surface area (Å²) in [5, 5.41) is 0. The van der Waals surface area contributed by atoms with Crippen molar-refractivity contribution in [3.63, 3.8) is 0 Å². The number of allylic oxidation sites excluding steroid dienone is 6. The topological polar surface area (TPSA) is 78.9 Å². The Bertz CT molecular complexity index is 969. The summed E-state index contributed by atoms with van der Waals surface area (Å²) in [6, 6.07) is 0. The van der Waals surface area contributed by atoms with Gasteiger partial charge in [-0.05, 0) is 70.6 Å². The molecule has 0 aliphatic carbocycles. The van der Waals surface area contributed by atoms with E-state index in [0.29, 0.717) is 19.3 Å². The van der Waals surface area contributed by atoms with Gasteiger partial charge in [0.2, 0.25) is 0 Å². The molecule has 0 aromatic heterocycles. The van der Waals surface area contributed by atoms with E-state index in [1.807, 2.05) is 0 Å². The molecule has 6 nitrogen and oxygen atoms in total. The van der Waals surface area contributed by atoms with Crippen LogP contribution in [0.25, 0.3) is 0 Å². The highest BCUT2D eigenvalue weighted by Gasteiger charge is 2.19. The molecular weight excluding hydrogens is 709 g/mol. The molecule has 0 unspecified atom stereocenters. The van der Waals surface area contributed by atoms with Gasteiger partial charge in [0.15, 0.2) is 6.10 Å². The Morgan fingerprint density at radius 3 is 1.07 bits per heavy atom. The molecule has 6 heteroatoms. The van der Waals surface area contributed by atoms with Crippen LogP contribution >= 0.6 is 0 Å². The standard InChI is InChI=1S/C51H92O6/c1-4-7-10-13-16-19-22-25-27-29-32-35-38-41-44-50(53)56-47-48(46-55-49(52)43-40-37-34-31-28-24-21-18-15-12-9-6-3)57-51(54)45-42-39-36-33-30-26-23-20-17-14-11-8-5-2/h13,16,18,21-22,25,48H,4-12,14-15,17,19-20,23-24,26-47H2,1-3H3/b16-13-,21-18-,25-22-/t48-/m1/s1. The third kappa shape index (κ3) is 44.6. The van der Waals surface area contributed by atoms with E-state index in [2.05, 4.69) is 57.2 Å². The summed E-state index contributed by atoms with van der Waals surface area (Å²) in [5.41, 5.74) is 0. The SMILES string of the molecule is CCCC/C=C\C/C=C\CCCCCCCC(=O)OC[C@@H](COC(=O)CCCCCCC/C=C\CCCCC)OC(=O)CCCCCCCCCCCCCCC. The number of hydrogen-bond acceptors (Lipinski definition) is 6. The first-order chi connectivity index (χ1) is 28.0. The molecule has 0 aromatic carbocycles. The van der Waals surface area contributed by atoms with E-state index in [1.54, 1.807) is 0 Å². The molecule has 0 saturated carbocycles. The van der Waals surface area contributed by atoms with Gasteiger partial charge in [0.1, 0.15) is 13.2 Å². The molecule has 0 radical (unpaired) electrons. The molecule has 332 valence electrons. The average Bonchev–Trinajstić information content (AvgIpc) is 3.21. The van der Waals surface area contributed by atoms with Gasteiger partial charge in [0.05, 0.1) is 0 Å². The number of hydrogen-bond donors (Lipinski definition) is 0. The fraction of sp³-hybridized carbons (Fsp3) is 0.824. The van der Waals surface area contributed by atoms with Gasteiger partial charge >= 0.3 is 17.9 Å². The normalized spacial score (nSPS) is 12.3. The molecule has 0 aromatic rings. The van der Waals surface area contributed by atoms with E-state index in [-0.39, 0.29) is 31.1 Å². The summed E-state index contributed by atoms with van der Waals surface area (Å²) < 4.78 is 16.7. The second kappa shape index (κ2) is 46.3. The smallest absolute Gasteiger partial charge is 0.306 e. The molecule has 0 rings (SSSR count). The summed E-state index contributed by atoms with van der Waals surface area (Å²) in [5.74, 6) is -0.895. The lowest BCUT2D eigenvalue weighted by atomic mass is 10.0. The number of unbranched alkanes of at least 4 members (excludes halogenated alkanes) is 27. The lowest BCUT2D eigenvalue weighted by Gasteiger charge is -2.18. The van der Waals surface area contributed by atoms with Gasteiger partial charge in [-0.3, -0.25) is 14.4 Å². The lowest BCUT2D eigenvalue weighted by molar-refractivity contribution is -0.167. The van der Waals surface area contributed by atoms with Gasteiger partial charge in [-0.25, -0.2) is 0 Å². The maximum atomic E-state index is 12.7. The van der Waals surface area contributed by atoms with Crippen molar-refractivity contribution in [3.8, 4) is 0 Å². The van der Waals surface area contributed by atoms with Crippen molar-refractivity contribution < 1.29 is 28.6 Å². The van der Waals surface area contributed by atoms with E-state index in [9.17, 15) is 14.4 Å². The van der Waals surface area contributed by atoms with Crippen LogP contribution in [0.2, 0.25) is 0 Å². The highest BCUT2D eigenvalue weighted by Crippen LogP contribution is 2.15. The van der Waals surface area contributed by atoms with E-state index in [4.69, 9.17) is 14.2 Å². The van der Waals surface area contributed by atoms with Crippen molar-refractivity contribution in [3.05, 3.63) is 36.5 Å². The second-order valence-electron chi connectivity index (χ2n) is 16.4. The first-order valence-corrected chi connectivity index (χ1v) is 24.5. The van der Waals surface area contributed by atoms with Crippen molar-refractivity contribution in [2.45, 2.75) is 258 Å². The maximum Gasteiger partial charge on any atom is 0.306 e. The highest BCUT2D eigenvalue weighted by molar-refractivity contribution is 5.71. The Kier molecular flexibility index (Phi) is 44.4. The lowest BCUT2D eigenvalue weighted by Crippen LogP contribution is -2.30. The number of carbonyl (C=O) groups is 3. The molecule has 0 fully saturated rings. The Morgan fingerprint density at radius 2 is 0.649 bits per heavy atom. The summed E-state index contributed by atoms with van der Waals surface area (Å²) in [6.45, 7) is 6.56. The van der Waals surface area contributed by atoms with Crippen molar-refractivity contribution in [1.82, 2.24) is 0 Å². The quantitative estimate of drug-likeness (QED) is 0.0264. The largest absolute Gasteiger partial charge is 0.462 e. The van der Waals surface area contributed by atoms with Crippen LogP contribution < -0.4 is 0 Å². The van der Waals surface area contributed by atoms with Crippen LogP contribution in [0.1, 0.15) is 252 Å². The first kappa shape index (κ1) is 54.6. The van der Waals surface area contributed by atoms with Gasteiger partial charge in [-0.15, -0.1) is 0 Å².